The zero-order chi connectivity index (χ0) is 15.7. The fourth-order valence-corrected chi connectivity index (χ4v) is 1.81. The number of anilines is 1. The van der Waals surface area contributed by atoms with Crippen molar-refractivity contribution in [2.75, 3.05) is 19.0 Å². The van der Waals surface area contributed by atoms with Crippen LogP contribution in [0.3, 0.4) is 0 Å². The molecular weight excluding hydrogens is 270 g/mol. The second-order valence-corrected chi connectivity index (χ2v) is 4.84. The van der Waals surface area contributed by atoms with Crippen molar-refractivity contribution in [1.29, 1.82) is 0 Å². The summed E-state index contributed by atoms with van der Waals surface area (Å²) in [6, 6.07) is 6.77. The molecule has 6 heteroatoms. The van der Waals surface area contributed by atoms with Crippen molar-refractivity contribution in [2.24, 2.45) is 5.73 Å². The molecule has 2 amide bonds. The Bertz CT molecular complexity index is 460. The van der Waals surface area contributed by atoms with Crippen LogP contribution in [-0.4, -0.2) is 31.6 Å². The molecule has 0 heterocycles. The third-order valence-corrected chi connectivity index (χ3v) is 2.94. The topological polar surface area (TPSA) is 93.4 Å². The molecule has 1 aromatic carbocycles. The third kappa shape index (κ3) is 6.87. The van der Waals surface area contributed by atoms with E-state index in [4.69, 9.17) is 10.5 Å². The first-order valence-corrected chi connectivity index (χ1v) is 6.91. The van der Waals surface area contributed by atoms with Crippen LogP contribution in [0.5, 0.6) is 0 Å². The van der Waals surface area contributed by atoms with E-state index >= 15 is 0 Å². The smallest absolute Gasteiger partial charge is 0.237 e. The molecule has 1 atom stereocenters. The molecule has 0 aliphatic heterocycles. The average molecular weight is 293 g/mol. The second-order valence-electron chi connectivity index (χ2n) is 4.84. The van der Waals surface area contributed by atoms with Gasteiger partial charge in [0.2, 0.25) is 11.8 Å². The van der Waals surface area contributed by atoms with Crippen LogP contribution in [0.25, 0.3) is 0 Å². The van der Waals surface area contributed by atoms with Gasteiger partial charge < -0.3 is 21.1 Å². The summed E-state index contributed by atoms with van der Waals surface area (Å²) in [4.78, 5) is 22.7. The van der Waals surface area contributed by atoms with Crippen LogP contribution in [0.2, 0.25) is 0 Å². The van der Waals surface area contributed by atoms with Crippen LogP contribution in [-0.2, 0) is 20.9 Å². The summed E-state index contributed by atoms with van der Waals surface area (Å²) < 4.78 is 4.92. The summed E-state index contributed by atoms with van der Waals surface area (Å²) in [6.45, 7) is 2.47. The monoisotopic (exact) mass is 293 g/mol. The molecule has 0 aliphatic rings. The minimum Gasteiger partial charge on any atom is -0.385 e. The largest absolute Gasteiger partial charge is 0.385 e. The number of hydrogen-bond acceptors (Lipinski definition) is 4. The zero-order valence-corrected chi connectivity index (χ0v) is 12.5. The zero-order valence-electron chi connectivity index (χ0n) is 12.5. The summed E-state index contributed by atoms with van der Waals surface area (Å²) in [5.41, 5.74) is 7.46. The summed E-state index contributed by atoms with van der Waals surface area (Å²) in [7, 11) is 1.62. The Labute approximate surface area is 125 Å². The van der Waals surface area contributed by atoms with Gasteiger partial charge >= 0.3 is 0 Å². The lowest BCUT2D eigenvalue weighted by atomic mass is 10.1. The first kappa shape index (κ1) is 17.1. The van der Waals surface area contributed by atoms with Crippen molar-refractivity contribution in [2.45, 2.75) is 32.4 Å². The molecule has 1 rings (SSSR count). The highest BCUT2D eigenvalue weighted by molar-refractivity contribution is 5.88. The standard InChI is InChI=1S/C15H23N3O3/c1-11(19)18-13-7-5-12(6-8-13)10-17-15(20)14(16)4-3-9-21-2/h5-8,14H,3-4,9-10,16H2,1-2H3,(H,17,20)(H,18,19). The van der Waals surface area contributed by atoms with E-state index in [9.17, 15) is 9.59 Å². The Morgan fingerprint density at radius 2 is 1.95 bits per heavy atom. The lowest BCUT2D eigenvalue weighted by Gasteiger charge is -2.12. The normalized spacial score (nSPS) is 11.8. The predicted molar refractivity (Wildman–Crippen MR) is 81.7 cm³/mol. The quantitative estimate of drug-likeness (QED) is 0.624. The van der Waals surface area contributed by atoms with Gasteiger partial charge in [-0.25, -0.2) is 0 Å². The summed E-state index contributed by atoms with van der Waals surface area (Å²) >= 11 is 0. The van der Waals surface area contributed by atoms with Crippen LogP contribution in [0, 0.1) is 0 Å². The number of nitrogens with two attached hydrogens (primary N) is 1. The maximum Gasteiger partial charge on any atom is 0.237 e. The van der Waals surface area contributed by atoms with Crippen molar-refractivity contribution in [1.82, 2.24) is 5.32 Å². The van der Waals surface area contributed by atoms with Gasteiger partial charge in [0.15, 0.2) is 0 Å². The number of amides is 2. The Hall–Kier alpha value is -1.92. The molecule has 6 nitrogen and oxygen atoms in total. The van der Waals surface area contributed by atoms with E-state index in [1.807, 2.05) is 12.1 Å². The molecule has 0 saturated heterocycles. The molecule has 0 saturated carbocycles. The van der Waals surface area contributed by atoms with Crippen LogP contribution in [0.4, 0.5) is 5.69 Å². The predicted octanol–water partition coefficient (Wildman–Crippen LogP) is 1.02. The highest BCUT2D eigenvalue weighted by atomic mass is 16.5. The lowest BCUT2D eigenvalue weighted by Crippen LogP contribution is -2.40. The maximum atomic E-state index is 11.8. The Balaban J connectivity index is 2.36. The van der Waals surface area contributed by atoms with Crippen LogP contribution in [0.1, 0.15) is 25.3 Å². The van der Waals surface area contributed by atoms with Gasteiger partial charge in [-0.1, -0.05) is 12.1 Å². The Kier molecular flexibility index (Phi) is 7.42. The number of ether oxygens (including phenoxy) is 1. The molecule has 0 spiro atoms. The van der Waals surface area contributed by atoms with Crippen molar-refractivity contribution in [3.8, 4) is 0 Å². The van der Waals surface area contributed by atoms with Gasteiger partial charge in [-0.15, -0.1) is 0 Å². The average Bonchev–Trinajstić information content (AvgIpc) is 2.45. The van der Waals surface area contributed by atoms with Gasteiger partial charge in [0.1, 0.15) is 0 Å². The molecular formula is C15H23N3O3. The molecule has 4 N–H and O–H groups in total. The van der Waals surface area contributed by atoms with E-state index in [1.54, 1.807) is 19.2 Å². The number of rotatable bonds is 8. The maximum absolute atomic E-state index is 11.8. The number of methoxy groups -OCH3 is 1. The minimum atomic E-state index is -0.515. The van der Waals surface area contributed by atoms with E-state index in [0.717, 1.165) is 17.7 Å². The molecule has 0 bridgehead atoms. The first-order valence-electron chi connectivity index (χ1n) is 6.91. The fraction of sp³-hybridized carbons (Fsp3) is 0.467. The van der Waals surface area contributed by atoms with Crippen molar-refractivity contribution < 1.29 is 14.3 Å². The second kappa shape index (κ2) is 9.10. The molecule has 0 radical (unpaired) electrons. The summed E-state index contributed by atoms with van der Waals surface area (Å²) in [5, 5.41) is 5.48. The third-order valence-electron chi connectivity index (χ3n) is 2.94. The summed E-state index contributed by atoms with van der Waals surface area (Å²) in [6.07, 6.45) is 1.36. The number of carbonyl (C=O) groups is 2. The van der Waals surface area contributed by atoms with Crippen LogP contribution < -0.4 is 16.4 Å². The van der Waals surface area contributed by atoms with E-state index in [-0.39, 0.29) is 11.8 Å². The Morgan fingerprint density at radius 3 is 2.52 bits per heavy atom. The number of nitrogens with one attached hydrogen (secondary N) is 2. The van der Waals surface area contributed by atoms with E-state index in [0.29, 0.717) is 19.6 Å². The van der Waals surface area contributed by atoms with Crippen molar-refractivity contribution in [3.63, 3.8) is 0 Å². The van der Waals surface area contributed by atoms with Crippen LogP contribution in [0.15, 0.2) is 24.3 Å². The van der Waals surface area contributed by atoms with Gasteiger partial charge in [0, 0.05) is 32.9 Å². The molecule has 1 aromatic rings. The van der Waals surface area contributed by atoms with Gasteiger partial charge in [-0.2, -0.15) is 0 Å². The van der Waals surface area contributed by atoms with Gasteiger partial charge in [-0.3, -0.25) is 9.59 Å². The van der Waals surface area contributed by atoms with Crippen LogP contribution >= 0.6 is 0 Å². The molecule has 1 unspecified atom stereocenters. The SMILES string of the molecule is COCCCC(N)C(=O)NCc1ccc(NC(C)=O)cc1. The number of hydrogen-bond donors (Lipinski definition) is 3. The number of benzene rings is 1. The van der Waals surface area contributed by atoms with E-state index in [2.05, 4.69) is 10.6 Å². The molecule has 116 valence electrons. The minimum absolute atomic E-state index is 0.113. The van der Waals surface area contributed by atoms with Crippen molar-refractivity contribution >= 4 is 17.5 Å². The number of carbonyl (C=O) groups excluding carboxylic acids is 2. The van der Waals surface area contributed by atoms with Gasteiger partial charge in [0.25, 0.3) is 0 Å². The van der Waals surface area contributed by atoms with E-state index < -0.39 is 6.04 Å². The molecule has 0 aliphatic carbocycles. The molecule has 0 fully saturated rings. The van der Waals surface area contributed by atoms with Crippen molar-refractivity contribution in [3.05, 3.63) is 29.8 Å². The van der Waals surface area contributed by atoms with Gasteiger partial charge in [0.05, 0.1) is 6.04 Å². The highest BCUT2D eigenvalue weighted by Gasteiger charge is 2.12. The fourth-order valence-electron chi connectivity index (χ4n) is 1.81. The molecule has 21 heavy (non-hydrogen) atoms. The highest BCUT2D eigenvalue weighted by Crippen LogP contribution is 2.09. The van der Waals surface area contributed by atoms with Gasteiger partial charge in [-0.05, 0) is 30.5 Å². The molecule has 0 aromatic heterocycles. The summed E-state index contributed by atoms with van der Waals surface area (Å²) in [5.74, 6) is -0.282. The van der Waals surface area contributed by atoms with E-state index in [1.165, 1.54) is 6.92 Å². The Morgan fingerprint density at radius 1 is 1.29 bits per heavy atom. The lowest BCUT2D eigenvalue weighted by molar-refractivity contribution is -0.122. The first-order chi connectivity index (χ1) is 10.0.